The lowest BCUT2D eigenvalue weighted by Gasteiger charge is -2.04. The summed E-state index contributed by atoms with van der Waals surface area (Å²) in [5, 5.41) is 3.85. The number of aromatic amines is 1. The number of hydrogen-bond acceptors (Lipinski definition) is 5. The SMILES string of the molecule is COc1cccc(NC(N)=[NH+]c2nc(CSc3ccccn3)cc(=O)[nH]2)c1. The Morgan fingerprint density at radius 3 is 2.96 bits per heavy atom. The van der Waals surface area contributed by atoms with E-state index < -0.39 is 0 Å². The van der Waals surface area contributed by atoms with Gasteiger partial charge in [0.25, 0.3) is 11.5 Å². The highest BCUT2D eigenvalue weighted by atomic mass is 32.2. The summed E-state index contributed by atoms with van der Waals surface area (Å²) in [6, 6.07) is 14.4. The van der Waals surface area contributed by atoms with Crippen molar-refractivity contribution in [2.24, 2.45) is 5.73 Å². The maximum atomic E-state index is 11.9. The number of H-pyrrole nitrogens is 1. The molecule has 2 aromatic heterocycles. The van der Waals surface area contributed by atoms with Gasteiger partial charge >= 0.3 is 5.95 Å². The quantitative estimate of drug-likeness (QED) is 0.280. The molecule has 0 radical (unpaired) electrons. The molecule has 0 spiro atoms. The Labute approximate surface area is 159 Å². The molecular weight excluding hydrogens is 364 g/mol. The molecule has 0 saturated heterocycles. The zero-order chi connectivity index (χ0) is 19.1. The van der Waals surface area contributed by atoms with Crippen LogP contribution in [0.5, 0.6) is 5.75 Å². The third kappa shape index (κ3) is 5.58. The van der Waals surface area contributed by atoms with E-state index in [0.717, 1.165) is 10.7 Å². The number of aromatic nitrogens is 3. The van der Waals surface area contributed by atoms with Gasteiger partial charge in [0.2, 0.25) is 0 Å². The van der Waals surface area contributed by atoms with E-state index >= 15 is 0 Å². The second-order valence-corrected chi connectivity index (χ2v) is 6.43. The normalized spacial score (nSPS) is 11.2. The standard InChI is InChI=1S/C18H18N6O2S/c1-26-14-6-4-5-12(9-14)21-17(19)24-18-22-13(10-15(25)23-18)11-27-16-7-2-3-8-20-16/h2-10H,11H2,1H3,(H4,19,21,22,23,24,25)/p+1. The largest absolute Gasteiger partial charge is 0.497 e. The van der Waals surface area contributed by atoms with Crippen molar-refractivity contribution in [3.05, 3.63) is 70.8 Å². The van der Waals surface area contributed by atoms with Gasteiger partial charge in [0.15, 0.2) is 0 Å². The van der Waals surface area contributed by atoms with E-state index in [4.69, 9.17) is 10.5 Å². The summed E-state index contributed by atoms with van der Waals surface area (Å²) in [4.78, 5) is 26.0. The van der Waals surface area contributed by atoms with Crippen LogP contribution in [0.3, 0.4) is 0 Å². The van der Waals surface area contributed by atoms with Crippen LogP contribution in [0.1, 0.15) is 5.69 Å². The van der Waals surface area contributed by atoms with Crippen molar-refractivity contribution in [2.45, 2.75) is 10.8 Å². The Morgan fingerprint density at radius 1 is 1.30 bits per heavy atom. The zero-order valence-electron chi connectivity index (χ0n) is 14.6. The van der Waals surface area contributed by atoms with Gasteiger partial charge in [0, 0.05) is 18.3 Å². The van der Waals surface area contributed by atoms with Crippen molar-refractivity contribution in [3.8, 4) is 5.75 Å². The molecule has 0 bridgehead atoms. The minimum atomic E-state index is -0.265. The molecule has 1 aromatic carbocycles. The molecular formula is C18H19N6O2S+. The van der Waals surface area contributed by atoms with Crippen molar-refractivity contribution in [3.63, 3.8) is 0 Å². The van der Waals surface area contributed by atoms with Crippen LogP contribution in [0, 0.1) is 0 Å². The summed E-state index contributed by atoms with van der Waals surface area (Å²) in [6.07, 6.45) is 1.72. The monoisotopic (exact) mass is 383 g/mol. The van der Waals surface area contributed by atoms with Crippen LogP contribution >= 0.6 is 11.8 Å². The second-order valence-electron chi connectivity index (χ2n) is 5.44. The minimum absolute atomic E-state index is 0.223. The van der Waals surface area contributed by atoms with Gasteiger partial charge in [-0.05, 0) is 24.3 Å². The van der Waals surface area contributed by atoms with Crippen molar-refractivity contribution < 1.29 is 9.73 Å². The van der Waals surface area contributed by atoms with E-state index in [1.54, 1.807) is 19.4 Å². The number of thioether (sulfide) groups is 1. The maximum absolute atomic E-state index is 11.9. The minimum Gasteiger partial charge on any atom is -0.497 e. The number of guanidine groups is 1. The van der Waals surface area contributed by atoms with E-state index in [0.29, 0.717) is 17.2 Å². The number of benzene rings is 1. The fourth-order valence-electron chi connectivity index (χ4n) is 2.24. The molecule has 0 unspecified atom stereocenters. The number of nitrogens with two attached hydrogens (primary N) is 1. The molecule has 0 aliphatic carbocycles. The third-order valence-corrected chi connectivity index (χ3v) is 4.38. The van der Waals surface area contributed by atoms with Gasteiger partial charge in [-0.3, -0.25) is 10.1 Å². The molecule has 0 amide bonds. The number of pyridine rings is 1. The third-order valence-electron chi connectivity index (χ3n) is 3.40. The van der Waals surface area contributed by atoms with Crippen molar-refractivity contribution >= 4 is 29.4 Å². The molecule has 0 aliphatic heterocycles. The maximum Gasteiger partial charge on any atom is 0.325 e. The molecule has 3 rings (SSSR count). The highest BCUT2D eigenvalue weighted by molar-refractivity contribution is 7.98. The average molecular weight is 383 g/mol. The second kappa shape index (κ2) is 8.86. The Hall–Kier alpha value is -3.33. The van der Waals surface area contributed by atoms with Crippen molar-refractivity contribution in [1.29, 1.82) is 0 Å². The van der Waals surface area contributed by atoms with Gasteiger partial charge in [0.1, 0.15) is 11.4 Å². The number of methoxy groups -OCH3 is 1. The summed E-state index contributed by atoms with van der Waals surface area (Å²) in [6.45, 7) is 0. The van der Waals surface area contributed by atoms with Crippen molar-refractivity contribution in [1.82, 2.24) is 15.0 Å². The lowest BCUT2D eigenvalue weighted by molar-refractivity contribution is -0.365. The predicted octanol–water partition coefficient (Wildman–Crippen LogP) is 0.605. The van der Waals surface area contributed by atoms with E-state index in [2.05, 4.69) is 25.3 Å². The summed E-state index contributed by atoms with van der Waals surface area (Å²) >= 11 is 1.49. The first-order valence-electron chi connectivity index (χ1n) is 8.07. The molecule has 27 heavy (non-hydrogen) atoms. The summed E-state index contributed by atoms with van der Waals surface area (Å²) in [5.74, 6) is 1.69. The Kier molecular flexibility index (Phi) is 6.06. The molecule has 5 N–H and O–H groups in total. The van der Waals surface area contributed by atoms with Gasteiger partial charge in [-0.15, -0.1) is 4.98 Å². The molecule has 0 fully saturated rings. The van der Waals surface area contributed by atoms with E-state index in [9.17, 15) is 4.79 Å². The molecule has 0 atom stereocenters. The molecule has 138 valence electrons. The lowest BCUT2D eigenvalue weighted by Crippen LogP contribution is -2.73. The van der Waals surface area contributed by atoms with Gasteiger partial charge in [0.05, 0.1) is 23.6 Å². The molecule has 9 heteroatoms. The van der Waals surface area contributed by atoms with Crippen LogP contribution in [0.25, 0.3) is 0 Å². The first-order chi connectivity index (χ1) is 13.1. The van der Waals surface area contributed by atoms with Crippen LogP contribution < -0.4 is 26.3 Å². The highest BCUT2D eigenvalue weighted by Crippen LogP contribution is 2.18. The molecule has 3 aromatic rings. The van der Waals surface area contributed by atoms with Gasteiger partial charge in [-0.25, -0.2) is 15.0 Å². The summed E-state index contributed by atoms with van der Waals surface area (Å²) in [5.41, 5.74) is 7.06. The van der Waals surface area contributed by atoms with Gasteiger partial charge in [-0.1, -0.05) is 23.9 Å². The number of anilines is 1. The molecule has 0 aliphatic rings. The Bertz CT molecular complexity index is 990. The number of rotatable bonds is 6. The number of nitrogens with zero attached hydrogens (tertiary/aromatic N) is 2. The van der Waals surface area contributed by atoms with E-state index in [1.165, 1.54) is 17.8 Å². The lowest BCUT2D eigenvalue weighted by atomic mass is 10.3. The van der Waals surface area contributed by atoms with Crippen LogP contribution in [0.2, 0.25) is 0 Å². The smallest absolute Gasteiger partial charge is 0.325 e. The molecule has 0 saturated carbocycles. The van der Waals surface area contributed by atoms with E-state index in [1.807, 2.05) is 36.4 Å². The van der Waals surface area contributed by atoms with E-state index in [-0.39, 0.29) is 17.5 Å². The summed E-state index contributed by atoms with van der Waals surface area (Å²) in [7, 11) is 1.59. The first-order valence-corrected chi connectivity index (χ1v) is 9.05. The molecule has 8 nitrogen and oxygen atoms in total. The Balaban J connectivity index is 1.72. The van der Waals surface area contributed by atoms with Crippen LogP contribution in [0.4, 0.5) is 11.6 Å². The zero-order valence-corrected chi connectivity index (χ0v) is 15.4. The number of hydrogen-bond donors (Lipinski definition) is 4. The fourth-order valence-corrected chi connectivity index (χ4v) is 2.99. The van der Waals surface area contributed by atoms with Gasteiger partial charge < -0.3 is 10.5 Å². The highest BCUT2D eigenvalue weighted by Gasteiger charge is 2.08. The average Bonchev–Trinajstić information content (AvgIpc) is 2.67. The van der Waals surface area contributed by atoms with Crippen molar-refractivity contribution in [2.75, 3.05) is 12.4 Å². The summed E-state index contributed by atoms with van der Waals surface area (Å²) < 4.78 is 5.17. The van der Waals surface area contributed by atoms with Crippen LogP contribution in [-0.4, -0.2) is 28.0 Å². The topological polar surface area (TPSA) is 120 Å². The van der Waals surface area contributed by atoms with Crippen LogP contribution in [-0.2, 0) is 5.75 Å². The number of nitrogens with one attached hydrogen (secondary N) is 3. The fraction of sp³-hybridized carbons (Fsp3) is 0.111. The Morgan fingerprint density at radius 2 is 2.19 bits per heavy atom. The first kappa shape index (κ1) is 18.5. The number of ether oxygens (including phenoxy) is 1. The predicted molar refractivity (Wildman–Crippen MR) is 105 cm³/mol. The molecule has 2 heterocycles. The van der Waals surface area contributed by atoms with Gasteiger partial charge in [-0.2, -0.15) is 0 Å². The van der Waals surface area contributed by atoms with Crippen LogP contribution in [0.15, 0.2) is 64.5 Å².